The highest BCUT2D eigenvalue weighted by atomic mass is 35.5. The number of carbonyl (C=O) groups excluding carboxylic acids is 1. The molecule has 2 aromatic heterocycles. The normalized spacial score (nSPS) is 10.7. The van der Waals surface area contributed by atoms with Crippen LogP contribution in [-0.4, -0.2) is 34.5 Å². The van der Waals surface area contributed by atoms with Crippen LogP contribution in [0.25, 0.3) is 0 Å². The first kappa shape index (κ1) is 21.7. The Bertz CT molecular complexity index is 845. The second-order valence-electron chi connectivity index (χ2n) is 6.13. The van der Waals surface area contributed by atoms with Gasteiger partial charge in [0, 0.05) is 18.0 Å². The molecule has 0 atom stereocenters. The molecule has 0 aliphatic heterocycles. The highest BCUT2D eigenvalue weighted by molar-refractivity contribution is 7.80. The number of carbonyl (C=O) groups is 1. The van der Waals surface area contributed by atoms with Crippen LogP contribution >= 0.6 is 35.2 Å². The fourth-order valence-electron chi connectivity index (χ4n) is 2.88. The number of nitrogens with one attached hydrogen (secondary N) is 2. The van der Waals surface area contributed by atoms with Gasteiger partial charge in [0.05, 0.1) is 29.1 Å². The Morgan fingerprint density at radius 3 is 2.63 bits per heavy atom. The average molecular weight is 429 g/mol. The monoisotopic (exact) mass is 428 g/mol. The zero-order valence-electron chi connectivity index (χ0n) is 16.2. The predicted molar refractivity (Wildman–Crippen MR) is 115 cm³/mol. The Kier molecular flexibility index (Phi) is 7.64. The number of thiocarbonyl (C=S) groups is 1. The van der Waals surface area contributed by atoms with Gasteiger partial charge in [-0.15, -0.1) is 11.3 Å². The van der Waals surface area contributed by atoms with Crippen molar-refractivity contribution < 1.29 is 9.53 Å². The maximum absolute atomic E-state index is 12.1. The first-order valence-electron chi connectivity index (χ1n) is 8.75. The number of hydrogen-bond acceptors (Lipinski definition) is 5. The molecule has 0 aromatic carbocycles. The fraction of sp³-hybridized carbons (Fsp3) is 0.500. The molecule has 0 saturated heterocycles. The lowest BCUT2D eigenvalue weighted by molar-refractivity contribution is 0.0601. The summed E-state index contributed by atoms with van der Waals surface area (Å²) >= 11 is 13.1. The minimum absolute atomic E-state index is 0.345. The van der Waals surface area contributed by atoms with E-state index in [4.69, 9.17) is 28.6 Å². The molecule has 0 saturated carbocycles. The van der Waals surface area contributed by atoms with E-state index in [-0.39, 0.29) is 5.97 Å². The van der Waals surface area contributed by atoms with Crippen molar-refractivity contribution in [2.75, 3.05) is 19.0 Å². The third kappa shape index (κ3) is 5.00. The zero-order chi connectivity index (χ0) is 20.1. The minimum Gasteiger partial charge on any atom is -0.465 e. The number of aryl methyl sites for hydroxylation is 3. The quantitative estimate of drug-likeness (QED) is 0.390. The van der Waals surface area contributed by atoms with Gasteiger partial charge < -0.3 is 15.4 Å². The molecule has 0 fully saturated rings. The van der Waals surface area contributed by atoms with E-state index in [1.165, 1.54) is 18.4 Å². The van der Waals surface area contributed by atoms with E-state index in [2.05, 4.69) is 15.7 Å². The summed E-state index contributed by atoms with van der Waals surface area (Å²) in [4.78, 5) is 13.2. The van der Waals surface area contributed by atoms with Gasteiger partial charge in [0.2, 0.25) is 0 Å². The van der Waals surface area contributed by atoms with Crippen molar-refractivity contribution in [2.45, 2.75) is 47.1 Å². The number of esters is 1. The summed E-state index contributed by atoms with van der Waals surface area (Å²) in [6.45, 7) is 9.31. The number of anilines is 1. The van der Waals surface area contributed by atoms with E-state index in [0.29, 0.717) is 17.2 Å². The van der Waals surface area contributed by atoms with Gasteiger partial charge in [0.15, 0.2) is 5.11 Å². The van der Waals surface area contributed by atoms with Crippen molar-refractivity contribution in [1.29, 1.82) is 0 Å². The van der Waals surface area contributed by atoms with Crippen molar-refractivity contribution >= 4 is 51.2 Å². The van der Waals surface area contributed by atoms with Gasteiger partial charge in [-0.05, 0) is 51.4 Å². The van der Waals surface area contributed by atoms with Crippen LogP contribution in [0.3, 0.4) is 0 Å². The molecule has 0 aliphatic rings. The summed E-state index contributed by atoms with van der Waals surface area (Å²) < 4.78 is 6.83. The topological polar surface area (TPSA) is 68.2 Å². The van der Waals surface area contributed by atoms with E-state index in [0.717, 1.165) is 51.2 Å². The number of hydrogen-bond donors (Lipinski definition) is 2. The Morgan fingerprint density at radius 2 is 2.07 bits per heavy atom. The molecule has 0 amide bonds. The third-order valence-electron chi connectivity index (χ3n) is 4.30. The first-order chi connectivity index (χ1) is 12.8. The molecule has 2 heterocycles. The van der Waals surface area contributed by atoms with Crippen LogP contribution in [0.4, 0.5) is 5.00 Å². The summed E-state index contributed by atoms with van der Waals surface area (Å²) in [6.07, 6.45) is 1.60. The predicted octanol–water partition coefficient (Wildman–Crippen LogP) is 4.25. The number of aromatic nitrogens is 2. The standard InChI is InChI=1S/C18H25ClN4O2S2/c1-6-13-12(4)27-16(14(13)17(24)25-5)21-18(26)20-8-7-9-23-11(3)15(19)10(2)22-23/h6-9H2,1-5H3,(H2,20,21,26). The Morgan fingerprint density at radius 1 is 1.37 bits per heavy atom. The summed E-state index contributed by atoms with van der Waals surface area (Å²) in [5.41, 5.74) is 3.38. The lowest BCUT2D eigenvalue weighted by Crippen LogP contribution is -2.30. The SMILES string of the molecule is CCc1c(C)sc(NC(=S)NCCCn2nc(C)c(Cl)c2C)c1C(=O)OC. The van der Waals surface area contributed by atoms with Crippen LogP contribution in [0, 0.1) is 20.8 Å². The molecule has 9 heteroatoms. The summed E-state index contributed by atoms with van der Waals surface area (Å²) in [6, 6.07) is 0. The van der Waals surface area contributed by atoms with Crippen LogP contribution < -0.4 is 10.6 Å². The number of nitrogens with zero attached hydrogens (tertiary/aromatic N) is 2. The molecule has 0 radical (unpaired) electrons. The molecule has 27 heavy (non-hydrogen) atoms. The van der Waals surface area contributed by atoms with Crippen LogP contribution in [0.15, 0.2) is 0 Å². The number of methoxy groups -OCH3 is 1. The van der Waals surface area contributed by atoms with Crippen molar-refractivity contribution in [1.82, 2.24) is 15.1 Å². The van der Waals surface area contributed by atoms with Gasteiger partial charge in [0.1, 0.15) is 5.00 Å². The van der Waals surface area contributed by atoms with Crippen LogP contribution in [-0.2, 0) is 17.7 Å². The number of halogens is 1. The summed E-state index contributed by atoms with van der Waals surface area (Å²) in [5.74, 6) is -0.345. The van der Waals surface area contributed by atoms with Gasteiger partial charge in [0.25, 0.3) is 0 Å². The number of thiophene rings is 1. The number of ether oxygens (including phenoxy) is 1. The van der Waals surface area contributed by atoms with Gasteiger partial charge >= 0.3 is 5.97 Å². The van der Waals surface area contributed by atoms with E-state index in [1.54, 1.807) is 0 Å². The molecular formula is C18H25ClN4O2S2. The average Bonchev–Trinajstić information content (AvgIpc) is 3.08. The molecule has 2 N–H and O–H groups in total. The molecule has 0 bridgehead atoms. The van der Waals surface area contributed by atoms with Gasteiger partial charge in [-0.25, -0.2) is 4.79 Å². The molecule has 0 spiro atoms. The fourth-order valence-corrected chi connectivity index (χ4v) is 4.42. The summed E-state index contributed by atoms with van der Waals surface area (Å²) in [7, 11) is 1.39. The molecule has 0 aliphatic carbocycles. The lowest BCUT2D eigenvalue weighted by Gasteiger charge is -2.11. The van der Waals surface area contributed by atoms with Crippen molar-refractivity contribution in [3.63, 3.8) is 0 Å². The highest BCUT2D eigenvalue weighted by Crippen LogP contribution is 2.33. The second-order valence-corrected chi connectivity index (χ2v) is 8.14. The first-order valence-corrected chi connectivity index (χ1v) is 10.3. The second kappa shape index (κ2) is 9.52. The smallest absolute Gasteiger partial charge is 0.341 e. The highest BCUT2D eigenvalue weighted by Gasteiger charge is 2.22. The molecule has 2 aromatic rings. The maximum atomic E-state index is 12.1. The largest absolute Gasteiger partial charge is 0.465 e. The minimum atomic E-state index is -0.345. The molecule has 6 nitrogen and oxygen atoms in total. The van der Waals surface area contributed by atoms with Crippen molar-refractivity contribution in [3.05, 3.63) is 32.4 Å². The molecule has 148 valence electrons. The van der Waals surface area contributed by atoms with Crippen molar-refractivity contribution in [2.24, 2.45) is 0 Å². The van der Waals surface area contributed by atoms with E-state index in [9.17, 15) is 4.79 Å². The van der Waals surface area contributed by atoms with Crippen LogP contribution in [0.2, 0.25) is 5.02 Å². The van der Waals surface area contributed by atoms with E-state index < -0.39 is 0 Å². The van der Waals surface area contributed by atoms with Crippen LogP contribution in [0.1, 0.15) is 45.5 Å². The van der Waals surface area contributed by atoms with Crippen LogP contribution in [0.5, 0.6) is 0 Å². The van der Waals surface area contributed by atoms with E-state index in [1.807, 2.05) is 32.4 Å². The Balaban J connectivity index is 1.92. The Labute approximate surface area is 174 Å². The van der Waals surface area contributed by atoms with Gasteiger partial charge in [-0.1, -0.05) is 18.5 Å². The molecule has 2 rings (SSSR count). The zero-order valence-corrected chi connectivity index (χ0v) is 18.6. The molecule has 0 unspecified atom stereocenters. The Hall–Kier alpha value is -1.64. The van der Waals surface area contributed by atoms with Crippen molar-refractivity contribution in [3.8, 4) is 0 Å². The lowest BCUT2D eigenvalue weighted by atomic mass is 10.1. The number of rotatable bonds is 7. The maximum Gasteiger partial charge on any atom is 0.341 e. The molecular weight excluding hydrogens is 404 g/mol. The van der Waals surface area contributed by atoms with Gasteiger partial charge in [-0.2, -0.15) is 5.10 Å². The summed E-state index contributed by atoms with van der Waals surface area (Å²) in [5, 5.41) is 12.6. The van der Waals surface area contributed by atoms with E-state index >= 15 is 0 Å². The third-order valence-corrected chi connectivity index (χ3v) is 6.16. The van der Waals surface area contributed by atoms with Gasteiger partial charge in [-0.3, -0.25) is 4.68 Å².